The second-order valence-corrected chi connectivity index (χ2v) is 8.31. The fourth-order valence-corrected chi connectivity index (χ4v) is 3.71. The summed E-state index contributed by atoms with van der Waals surface area (Å²) in [4.78, 5) is 10.9. The van der Waals surface area contributed by atoms with Crippen LogP contribution in [0, 0.1) is 0 Å². The average Bonchev–Trinajstić information content (AvgIpc) is 2.68. The maximum Gasteiger partial charge on any atom is 0.335 e. The monoisotopic (exact) mass is 389 g/mol. The number of carboxylic acid groups (broad SMARTS) is 1. The van der Waals surface area contributed by atoms with E-state index in [9.17, 15) is 4.79 Å². The molecule has 1 unspecified atom stereocenters. The normalized spacial score (nSPS) is 12.1. The van der Waals surface area contributed by atoms with Crippen LogP contribution in [0.5, 0.6) is 0 Å². The van der Waals surface area contributed by atoms with Gasteiger partial charge in [-0.2, -0.15) is 0 Å². The summed E-state index contributed by atoms with van der Waals surface area (Å²) >= 11 is 0. The summed E-state index contributed by atoms with van der Waals surface area (Å²) in [6.07, 6.45) is 20.7. The van der Waals surface area contributed by atoms with Crippen molar-refractivity contribution in [3.05, 3.63) is 29.8 Å². The van der Waals surface area contributed by atoms with E-state index in [1.807, 2.05) is 12.1 Å². The Kier molecular flexibility index (Phi) is 14.4. The molecule has 3 heteroatoms. The summed E-state index contributed by atoms with van der Waals surface area (Å²) in [5.74, 6) is -0.873. The van der Waals surface area contributed by atoms with E-state index in [4.69, 9.17) is 5.11 Å². The molecule has 0 aromatic heterocycles. The zero-order valence-corrected chi connectivity index (χ0v) is 18.3. The molecule has 0 aliphatic carbocycles. The third-order valence-electron chi connectivity index (χ3n) is 5.54. The Morgan fingerprint density at radius 1 is 0.786 bits per heavy atom. The van der Waals surface area contributed by atoms with Gasteiger partial charge in [0.1, 0.15) is 0 Å². The van der Waals surface area contributed by atoms with Crippen LogP contribution in [0.15, 0.2) is 24.3 Å². The van der Waals surface area contributed by atoms with Crippen LogP contribution < -0.4 is 5.32 Å². The van der Waals surface area contributed by atoms with E-state index in [0.29, 0.717) is 11.6 Å². The predicted octanol–water partition coefficient (Wildman–Crippen LogP) is 8.06. The van der Waals surface area contributed by atoms with Crippen molar-refractivity contribution in [1.82, 2.24) is 0 Å². The van der Waals surface area contributed by atoms with Crippen LogP contribution in [0.3, 0.4) is 0 Å². The number of nitrogens with one attached hydrogen (secondary N) is 1. The van der Waals surface area contributed by atoms with Crippen molar-refractivity contribution in [2.45, 2.75) is 116 Å². The number of anilines is 1. The number of carbonyl (C=O) groups is 1. The molecule has 0 radical (unpaired) electrons. The van der Waals surface area contributed by atoms with E-state index in [2.05, 4.69) is 19.2 Å². The number of hydrogen-bond donors (Lipinski definition) is 2. The molecule has 0 heterocycles. The topological polar surface area (TPSA) is 49.3 Å². The van der Waals surface area contributed by atoms with Crippen LogP contribution in [0.1, 0.15) is 121 Å². The third-order valence-corrected chi connectivity index (χ3v) is 5.54. The summed E-state index contributed by atoms with van der Waals surface area (Å²) in [5, 5.41) is 12.4. The molecule has 0 amide bonds. The first-order chi connectivity index (χ1) is 13.6. The van der Waals surface area contributed by atoms with Crippen LogP contribution in [0.2, 0.25) is 0 Å². The van der Waals surface area contributed by atoms with Gasteiger partial charge < -0.3 is 10.4 Å². The van der Waals surface area contributed by atoms with Crippen molar-refractivity contribution < 1.29 is 9.90 Å². The van der Waals surface area contributed by atoms with Crippen LogP contribution in [0.25, 0.3) is 0 Å². The summed E-state index contributed by atoms with van der Waals surface area (Å²) in [7, 11) is 0. The zero-order valence-electron chi connectivity index (χ0n) is 18.3. The van der Waals surface area contributed by atoms with Crippen LogP contribution >= 0.6 is 0 Å². The van der Waals surface area contributed by atoms with Gasteiger partial charge in [0, 0.05) is 11.7 Å². The van der Waals surface area contributed by atoms with Crippen LogP contribution in [-0.4, -0.2) is 17.1 Å². The highest BCUT2D eigenvalue weighted by molar-refractivity contribution is 5.87. The molecule has 1 aromatic rings. The second-order valence-electron chi connectivity index (χ2n) is 8.31. The van der Waals surface area contributed by atoms with Gasteiger partial charge >= 0.3 is 5.97 Å². The summed E-state index contributed by atoms with van der Waals surface area (Å²) in [6, 6.07) is 7.44. The van der Waals surface area contributed by atoms with E-state index in [1.165, 1.54) is 96.3 Å². The molecule has 0 bridgehead atoms. The average molecular weight is 390 g/mol. The van der Waals surface area contributed by atoms with Crippen molar-refractivity contribution in [3.8, 4) is 0 Å². The Hall–Kier alpha value is -1.51. The Morgan fingerprint density at radius 3 is 1.64 bits per heavy atom. The molecule has 0 spiro atoms. The number of unbranched alkanes of at least 4 members (excludes halogenated alkanes) is 13. The second kappa shape index (κ2) is 16.4. The van der Waals surface area contributed by atoms with E-state index in [0.717, 1.165) is 5.69 Å². The van der Waals surface area contributed by atoms with E-state index < -0.39 is 5.97 Å². The molecule has 0 fully saturated rings. The van der Waals surface area contributed by atoms with Crippen molar-refractivity contribution >= 4 is 11.7 Å². The largest absolute Gasteiger partial charge is 0.478 e. The highest BCUT2D eigenvalue weighted by atomic mass is 16.4. The Morgan fingerprint density at radius 2 is 1.21 bits per heavy atom. The predicted molar refractivity (Wildman–Crippen MR) is 121 cm³/mol. The lowest BCUT2D eigenvalue weighted by atomic mass is 10.0. The Labute approximate surface area is 173 Å². The minimum Gasteiger partial charge on any atom is -0.478 e. The molecular weight excluding hydrogens is 346 g/mol. The van der Waals surface area contributed by atoms with Gasteiger partial charge in [-0.05, 0) is 37.6 Å². The summed E-state index contributed by atoms with van der Waals surface area (Å²) in [5.41, 5.74) is 1.34. The fourth-order valence-electron chi connectivity index (χ4n) is 3.71. The molecule has 1 atom stereocenters. The summed E-state index contributed by atoms with van der Waals surface area (Å²) < 4.78 is 0. The van der Waals surface area contributed by atoms with E-state index in [1.54, 1.807) is 12.1 Å². The molecule has 1 rings (SSSR count). The molecule has 1 aromatic carbocycles. The van der Waals surface area contributed by atoms with Gasteiger partial charge in [-0.15, -0.1) is 0 Å². The number of hydrogen-bond acceptors (Lipinski definition) is 2. The highest BCUT2D eigenvalue weighted by Crippen LogP contribution is 2.16. The van der Waals surface area contributed by atoms with Gasteiger partial charge in [-0.3, -0.25) is 0 Å². The summed E-state index contributed by atoms with van der Waals surface area (Å²) in [6.45, 7) is 4.48. The lowest BCUT2D eigenvalue weighted by Gasteiger charge is -2.15. The number of rotatable bonds is 18. The van der Waals surface area contributed by atoms with Crippen LogP contribution in [-0.2, 0) is 0 Å². The molecule has 3 nitrogen and oxygen atoms in total. The van der Waals surface area contributed by atoms with Gasteiger partial charge in [-0.1, -0.05) is 96.8 Å². The highest BCUT2D eigenvalue weighted by Gasteiger charge is 2.04. The smallest absolute Gasteiger partial charge is 0.335 e. The van der Waals surface area contributed by atoms with Gasteiger partial charge in [-0.25, -0.2) is 4.79 Å². The molecule has 0 aliphatic rings. The van der Waals surface area contributed by atoms with Crippen molar-refractivity contribution in [2.24, 2.45) is 0 Å². The van der Waals surface area contributed by atoms with Gasteiger partial charge in [0.05, 0.1) is 5.56 Å². The number of aromatic carboxylic acids is 1. The van der Waals surface area contributed by atoms with Crippen LogP contribution in [0.4, 0.5) is 5.69 Å². The number of carboxylic acids is 1. The maximum atomic E-state index is 10.9. The molecular formula is C25H43NO2. The molecule has 2 N–H and O–H groups in total. The van der Waals surface area contributed by atoms with E-state index in [-0.39, 0.29) is 0 Å². The van der Waals surface area contributed by atoms with Crippen molar-refractivity contribution in [1.29, 1.82) is 0 Å². The quantitative estimate of drug-likeness (QED) is 0.250. The fraction of sp³-hybridized carbons (Fsp3) is 0.720. The lowest BCUT2D eigenvalue weighted by Crippen LogP contribution is -2.14. The first-order valence-electron chi connectivity index (χ1n) is 11.7. The minimum absolute atomic E-state index is 0.338. The zero-order chi connectivity index (χ0) is 20.5. The van der Waals surface area contributed by atoms with Gasteiger partial charge in [0.15, 0.2) is 0 Å². The Bertz CT molecular complexity index is 498. The standard InChI is InChI=1S/C25H43NO2/c1-3-4-5-6-7-8-9-10-11-12-13-14-15-16-17-22(2)26-24-20-18-23(19-21-24)25(27)28/h18-22,26H,3-17H2,1-2H3,(H,27,28). The first-order valence-corrected chi connectivity index (χ1v) is 11.7. The minimum atomic E-state index is -0.873. The first kappa shape index (κ1) is 24.5. The number of benzene rings is 1. The maximum absolute atomic E-state index is 10.9. The molecule has 0 saturated heterocycles. The molecule has 0 saturated carbocycles. The third kappa shape index (κ3) is 12.8. The molecule has 160 valence electrons. The van der Waals surface area contributed by atoms with Gasteiger partial charge in [0.25, 0.3) is 0 Å². The van der Waals surface area contributed by atoms with Crippen molar-refractivity contribution in [3.63, 3.8) is 0 Å². The van der Waals surface area contributed by atoms with E-state index >= 15 is 0 Å². The Balaban J connectivity index is 1.89. The molecule has 28 heavy (non-hydrogen) atoms. The lowest BCUT2D eigenvalue weighted by molar-refractivity contribution is 0.0697. The van der Waals surface area contributed by atoms with Crippen molar-refractivity contribution in [2.75, 3.05) is 5.32 Å². The molecule has 0 aliphatic heterocycles. The SMILES string of the molecule is CCCCCCCCCCCCCCCCC(C)Nc1ccc(C(=O)O)cc1. The van der Waals surface area contributed by atoms with Gasteiger partial charge in [0.2, 0.25) is 0 Å².